The van der Waals surface area contributed by atoms with E-state index < -0.39 is 11.9 Å². The van der Waals surface area contributed by atoms with E-state index >= 15 is 0 Å². The zero-order chi connectivity index (χ0) is 14.2. The van der Waals surface area contributed by atoms with Gasteiger partial charge in [-0.1, -0.05) is 24.3 Å². The van der Waals surface area contributed by atoms with Gasteiger partial charge in [0.2, 0.25) is 0 Å². The van der Waals surface area contributed by atoms with Crippen molar-refractivity contribution in [3.63, 3.8) is 0 Å². The number of hydrogen-bond acceptors (Lipinski definition) is 2. The Morgan fingerprint density at radius 3 is 2.35 bits per heavy atom. The topological polar surface area (TPSA) is 17.8 Å². The highest BCUT2D eigenvalue weighted by Gasteiger charge is 2.35. The lowest BCUT2D eigenvalue weighted by atomic mass is 10.3. The molecule has 0 saturated carbocycles. The van der Waals surface area contributed by atoms with Crippen molar-refractivity contribution < 1.29 is 13.2 Å². The van der Waals surface area contributed by atoms with E-state index in [1.807, 2.05) is 11.4 Å². The molecule has 0 atom stereocenters. The van der Waals surface area contributed by atoms with E-state index in [0.717, 1.165) is 10.9 Å². The van der Waals surface area contributed by atoms with Gasteiger partial charge in [0.1, 0.15) is 0 Å². The molecule has 0 radical (unpaired) electrons. The average Bonchev–Trinajstić information content (AvgIpc) is 3.08. The van der Waals surface area contributed by atoms with Crippen LogP contribution >= 0.6 is 11.3 Å². The Labute approximate surface area is 117 Å². The molecule has 0 amide bonds. The van der Waals surface area contributed by atoms with Crippen molar-refractivity contribution >= 4 is 11.3 Å². The van der Waals surface area contributed by atoms with Crippen LogP contribution in [0.3, 0.4) is 0 Å². The second-order valence-electron chi connectivity index (χ2n) is 4.14. The van der Waals surface area contributed by atoms with E-state index in [1.54, 1.807) is 36.4 Å². The first kappa shape index (κ1) is 12.9. The van der Waals surface area contributed by atoms with Gasteiger partial charge in [0.15, 0.2) is 5.69 Å². The van der Waals surface area contributed by atoms with Gasteiger partial charge in [0.25, 0.3) is 0 Å². The van der Waals surface area contributed by atoms with Crippen LogP contribution < -0.4 is 0 Å². The summed E-state index contributed by atoms with van der Waals surface area (Å²) in [5, 5.41) is 5.53. The molecule has 0 aliphatic heterocycles. The Kier molecular flexibility index (Phi) is 3.10. The van der Waals surface area contributed by atoms with Gasteiger partial charge in [-0.15, -0.1) is 11.3 Å². The molecule has 0 aliphatic carbocycles. The van der Waals surface area contributed by atoms with Gasteiger partial charge in [-0.05, 0) is 29.6 Å². The molecular formula is C14H9F3N2S. The molecule has 0 saturated heterocycles. The van der Waals surface area contributed by atoms with Crippen molar-refractivity contribution in [3.05, 3.63) is 59.6 Å². The summed E-state index contributed by atoms with van der Waals surface area (Å²) < 4.78 is 39.9. The highest BCUT2D eigenvalue weighted by Crippen LogP contribution is 2.34. The van der Waals surface area contributed by atoms with Crippen LogP contribution in [0.25, 0.3) is 16.3 Å². The van der Waals surface area contributed by atoms with E-state index in [2.05, 4.69) is 5.10 Å². The fourth-order valence-corrected chi connectivity index (χ4v) is 2.61. The van der Waals surface area contributed by atoms with Crippen molar-refractivity contribution in [2.75, 3.05) is 0 Å². The standard InChI is InChI=1S/C14H9F3N2S/c15-14(16,17)13-9-11(12-7-4-8-20-12)19(18-13)10-5-2-1-3-6-10/h1-9H. The minimum absolute atomic E-state index is 0.443. The number of thiophene rings is 1. The summed E-state index contributed by atoms with van der Waals surface area (Å²) >= 11 is 1.38. The molecule has 2 aromatic heterocycles. The van der Waals surface area contributed by atoms with Gasteiger partial charge in [-0.3, -0.25) is 0 Å². The number of halogens is 3. The summed E-state index contributed by atoms with van der Waals surface area (Å²) in [6, 6.07) is 13.5. The van der Waals surface area contributed by atoms with Gasteiger partial charge >= 0.3 is 6.18 Å². The number of para-hydroxylation sites is 1. The molecule has 2 heterocycles. The molecule has 0 spiro atoms. The lowest BCUT2D eigenvalue weighted by molar-refractivity contribution is -0.141. The molecule has 102 valence electrons. The predicted molar refractivity (Wildman–Crippen MR) is 71.9 cm³/mol. The molecule has 3 rings (SSSR count). The minimum Gasteiger partial charge on any atom is -0.232 e. The third kappa shape index (κ3) is 2.34. The zero-order valence-corrected chi connectivity index (χ0v) is 10.9. The quantitative estimate of drug-likeness (QED) is 0.674. The number of hydrogen-bond donors (Lipinski definition) is 0. The molecular weight excluding hydrogens is 285 g/mol. The van der Waals surface area contributed by atoms with Crippen LogP contribution in [-0.2, 0) is 6.18 Å². The summed E-state index contributed by atoms with van der Waals surface area (Å²) in [6.45, 7) is 0. The Morgan fingerprint density at radius 2 is 1.75 bits per heavy atom. The average molecular weight is 294 g/mol. The van der Waals surface area contributed by atoms with E-state index in [0.29, 0.717) is 11.4 Å². The van der Waals surface area contributed by atoms with Crippen LogP contribution in [-0.4, -0.2) is 9.78 Å². The van der Waals surface area contributed by atoms with Gasteiger partial charge in [0, 0.05) is 0 Å². The fourth-order valence-electron chi connectivity index (χ4n) is 1.89. The third-order valence-electron chi connectivity index (χ3n) is 2.77. The number of aromatic nitrogens is 2. The molecule has 20 heavy (non-hydrogen) atoms. The molecule has 0 bridgehead atoms. The normalized spacial score (nSPS) is 11.8. The first-order chi connectivity index (χ1) is 9.55. The second kappa shape index (κ2) is 4.79. The minimum atomic E-state index is -4.45. The van der Waals surface area contributed by atoms with Crippen molar-refractivity contribution in [1.29, 1.82) is 0 Å². The van der Waals surface area contributed by atoms with Gasteiger partial charge in [-0.2, -0.15) is 18.3 Å². The van der Waals surface area contributed by atoms with Crippen LogP contribution in [0.15, 0.2) is 53.9 Å². The Hall–Kier alpha value is -2.08. The van der Waals surface area contributed by atoms with Gasteiger partial charge < -0.3 is 0 Å². The van der Waals surface area contributed by atoms with Crippen molar-refractivity contribution in [1.82, 2.24) is 9.78 Å². The highest BCUT2D eigenvalue weighted by atomic mass is 32.1. The fraction of sp³-hybridized carbons (Fsp3) is 0.0714. The Morgan fingerprint density at radius 1 is 1.00 bits per heavy atom. The molecule has 2 nitrogen and oxygen atoms in total. The molecule has 0 aliphatic rings. The molecule has 6 heteroatoms. The number of nitrogens with zero attached hydrogens (tertiary/aromatic N) is 2. The molecule has 0 fully saturated rings. The first-order valence-corrected chi connectivity index (χ1v) is 6.70. The van der Waals surface area contributed by atoms with Crippen molar-refractivity contribution in [3.8, 4) is 16.3 Å². The lowest BCUT2D eigenvalue weighted by Gasteiger charge is -2.05. The lowest BCUT2D eigenvalue weighted by Crippen LogP contribution is -2.07. The molecule has 0 N–H and O–H groups in total. The van der Waals surface area contributed by atoms with Crippen LogP contribution in [0.2, 0.25) is 0 Å². The van der Waals surface area contributed by atoms with Gasteiger partial charge in [0.05, 0.1) is 16.3 Å². The van der Waals surface area contributed by atoms with Crippen LogP contribution in [0.1, 0.15) is 5.69 Å². The molecule has 1 aromatic carbocycles. The van der Waals surface area contributed by atoms with E-state index in [-0.39, 0.29) is 0 Å². The Bertz CT molecular complexity index is 700. The van der Waals surface area contributed by atoms with Crippen LogP contribution in [0.5, 0.6) is 0 Å². The van der Waals surface area contributed by atoms with Crippen molar-refractivity contribution in [2.24, 2.45) is 0 Å². The summed E-state index contributed by atoms with van der Waals surface area (Å²) in [5.74, 6) is 0. The first-order valence-electron chi connectivity index (χ1n) is 5.82. The maximum atomic E-state index is 12.9. The van der Waals surface area contributed by atoms with Crippen LogP contribution in [0, 0.1) is 0 Å². The smallest absolute Gasteiger partial charge is 0.232 e. The van der Waals surface area contributed by atoms with E-state index in [9.17, 15) is 13.2 Å². The number of benzene rings is 1. The molecule has 0 unspecified atom stereocenters. The highest BCUT2D eigenvalue weighted by molar-refractivity contribution is 7.13. The number of rotatable bonds is 2. The van der Waals surface area contributed by atoms with E-state index in [1.165, 1.54) is 16.0 Å². The SMILES string of the molecule is FC(F)(F)c1cc(-c2cccs2)n(-c2ccccc2)n1. The summed E-state index contributed by atoms with van der Waals surface area (Å²) in [5.41, 5.74) is 0.162. The largest absolute Gasteiger partial charge is 0.435 e. The Balaban J connectivity index is 2.20. The molecule has 3 aromatic rings. The second-order valence-corrected chi connectivity index (χ2v) is 5.08. The predicted octanol–water partition coefficient (Wildman–Crippen LogP) is 4.62. The summed E-state index contributed by atoms with van der Waals surface area (Å²) in [6.07, 6.45) is -4.45. The summed E-state index contributed by atoms with van der Waals surface area (Å²) in [7, 11) is 0. The zero-order valence-electron chi connectivity index (χ0n) is 10.1. The van der Waals surface area contributed by atoms with Crippen LogP contribution in [0.4, 0.5) is 13.2 Å². The van der Waals surface area contributed by atoms with E-state index in [4.69, 9.17) is 0 Å². The monoisotopic (exact) mass is 294 g/mol. The summed E-state index contributed by atoms with van der Waals surface area (Å²) in [4.78, 5) is 0.747. The van der Waals surface area contributed by atoms with Gasteiger partial charge in [-0.25, -0.2) is 4.68 Å². The maximum Gasteiger partial charge on any atom is 0.435 e. The maximum absolute atomic E-state index is 12.9. The third-order valence-corrected chi connectivity index (χ3v) is 3.67. The number of alkyl halides is 3. The van der Waals surface area contributed by atoms with Crippen molar-refractivity contribution in [2.45, 2.75) is 6.18 Å².